The molecule has 4 atom stereocenters. The molecule has 0 aliphatic carbocycles. The van der Waals surface area contributed by atoms with Crippen molar-refractivity contribution in [3.05, 3.63) is 18.2 Å². The van der Waals surface area contributed by atoms with Gasteiger partial charge in [0.25, 0.3) is 0 Å². The first kappa shape index (κ1) is 25.8. The zero-order chi connectivity index (χ0) is 24.5. The number of primary amides is 1. The minimum absolute atomic E-state index is 0.0545. The summed E-state index contributed by atoms with van der Waals surface area (Å²) < 4.78 is 0. The molecule has 182 valence electrons. The molecule has 1 saturated heterocycles. The molecule has 13 heteroatoms. The second-order valence-corrected chi connectivity index (χ2v) is 8.29. The van der Waals surface area contributed by atoms with E-state index in [0.29, 0.717) is 18.7 Å². The van der Waals surface area contributed by atoms with Crippen molar-refractivity contribution < 1.29 is 29.1 Å². The summed E-state index contributed by atoms with van der Waals surface area (Å²) in [4.78, 5) is 68.0. The van der Waals surface area contributed by atoms with Crippen molar-refractivity contribution in [3.8, 4) is 0 Å². The molecule has 1 aromatic heterocycles. The molecule has 4 unspecified atom stereocenters. The van der Waals surface area contributed by atoms with Gasteiger partial charge in [0.2, 0.25) is 23.6 Å². The summed E-state index contributed by atoms with van der Waals surface area (Å²) in [6.07, 6.45) is 3.88. The van der Waals surface area contributed by atoms with Crippen LogP contribution in [0.25, 0.3) is 0 Å². The Morgan fingerprint density at radius 3 is 2.36 bits per heavy atom. The minimum Gasteiger partial charge on any atom is -0.480 e. The Kier molecular flexibility index (Phi) is 9.33. The monoisotopic (exact) mass is 465 g/mol. The Morgan fingerprint density at radius 1 is 1.15 bits per heavy atom. The first-order chi connectivity index (χ1) is 15.6. The third-order valence-electron chi connectivity index (χ3n) is 5.26. The Labute approximate surface area is 190 Å². The molecule has 0 saturated carbocycles. The maximum Gasteiger partial charge on any atom is 0.326 e. The number of nitrogens with two attached hydrogens (primary N) is 1. The Morgan fingerprint density at radius 2 is 1.85 bits per heavy atom. The van der Waals surface area contributed by atoms with Gasteiger partial charge in [-0.2, -0.15) is 0 Å². The number of nitrogens with zero attached hydrogens (tertiary/aromatic N) is 1. The van der Waals surface area contributed by atoms with E-state index in [4.69, 9.17) is 5.73 Å². The van der Waals surface area contributed by atoms with Gasteiger partial charge in [0, 0.05) is 18.3 Å². The van der Waals surface area contributed by atoms with Gasteiger partial charge in [-0.05, 0) is 25.3 Å². The molecule has 0 radical (unpaired) electrons. The number of hydrogen-bond donors (Lipinski definition) is 7. The number of hydrogen-bond acceptors (Lipinski definition) is 7. The number of rotatable bonds is 12. The van der Waals surface area contributed by atoms with Crippen molar-refractivity contribution >= 4 is 29.6 Å². The summed E-state index contributed by atoms with van der Waals surface area (Å²) in [5.74, 6) is -4.52. The van der Waals surface area contributed by atoms with Gasteiger partial charge in [-0.3, -0.25) is 19.2 Å². The highest BCUT2D eigenvalue weighted by Crippen LogP contribution is 2.08. The molecule has 1 fully saturated rings. The maximum atomic E-state index is 13.0. The highest BCUT2D eigenvalue weighted by atomic mass is 16.4. The van der Waals surface area contributed by atoms with Crippen LogP contribution in [0.15, 0.2) is 12.5 Å². The number of aliphatic carboxylic acids is 1. The van der Waals surface area contributed by atoms with Crippen molar-refractivity contribution in [3.63, 3.8) is 0 Å². The van der Waals surface area contributed by atoms with E-state index in [2.05, 4.69) is 31.2 Å². The van der Waals surface area contributed by atoms with E-state index in [1.54, 1.807) is 13.8 Å². The molecule has 1 aromatic rings. The van der Waals surface area contributed by atoms with E-state index in [-0.39, 0.29) is 12.3 Å². The number of nitrogens with one attached hydrogen (secondary N) is 5. The SMILES string of the molecule is CC(C)C(NC(=O)C(CC(N)=O)NC(=O)C(Cc1cnc[nH]1)NC(=O)C1CCCN1)C(=O)O. The fourth-order valence-electron chi connectivity index (χ4n) is 3.46. The molecule has 0 spiro atoms. The molecule has 0 aromatic carbocycles. The van der Waals surface area contributed by atoms with E-state index >= 15 is 0 Å². The standard InChI is InChI=1S/C20H31N7O6/c1-10(2)16(20(32)33)27-19(31)14(7-15(21)28)26-18(30)13(6-11-8-22-9-24-11)25-17(29)12-4-3-5-23-12/h8-10,12-14,16,23H,3-7H2,1-2H3,(H2,21,28)(H,22,24)(H,25,29)(H,26,30)(H,27,31)(H,32,33). The van der Waals surface area contributed by atoms with Gasteiger partial charge in [0.15, 0.2) is 0 Å². The summed E-state index contributed by atoms with van der Waals surface area (Å²) in [6.45, 7) is 3.90. The molecule has 2 rings (SSSR count). The number of amides is 4. The Bertz CT molecular complexity index is 851. The van der Waals surface area contributed by atoms with E-state index in [1.807, 2.05) is 0 Å². The first-order valence-electron chi connectivity index (χ1n) is 10.7. The smallest absolute Gasteiger partial charge is 0.326 e. The van der Waals surface area contributed by atoms with Crippen LogP contribution in [0.3, 0.4) is 0 Å². The maximum absolute atomic E-state index is 13.0. The van der Waals surface area contributed by atoms with E-state index in [0.717, 1.165) is 6.42 Å². The molecule has 13 nitrogen and oxygen atoms in total. The van der Waals surface area contributed by atoms with Crippen LogP contribution in [-0.2, 0) is 30.4 Å². The lowest BCUT2D eigenvalue weighted by molar-refractivity contribution is -0.143. The third kappa shape index (κ3) is 7.86. The lowest BCUT2D eigenvalue weighted by atomic mass is 10.0. The highest BCUT2D eigenvalue weighted by molar-refractivity contribution is 5.96. The average molecular weight is 466 g/mol. The number of aromatic amines is 1. The molecule has 2 heterocycles. The van der Waals surface area contributed by atoms with Gasteiger partial charge in [-0.15, -0.1) is 0 Å². The van der Waals surface area contributed by atoms with E-state index in [1.165, 1.54) is 12.5 Å². The van der Waals surface area contributed by atoms with Gasteiger partial charge < -0.3 is 37.1 Å². The Balaban J connectivity index is 2.16. The molecular formula is C20H31N7O6. The molecule has 0 bridgehead atoms. The second-order valence-electron chi connectivity index (χ2n) is 8.29. The predicted octanol–water partition coefficient (Wildman–Crippen LogP) is -2.23. The summed E-state index contributed by atoms with van der Waals surface area (Å²) >= 11 is 0. The van der Waals surface area contributed by atoms with Crippen molar-refractivity contribution in [1.82, 2.24) is 31.2 Å². The van der Waals surface area contributed by atoms with Crippen molar-refractivity contribution in [2.45, 2.75) is 63.7 Å². The molecule has 1 aliphatic rings. The van der Waals surface area contributed by atoms with Crippen LogP contribution in [-0.4, -0.2) is 75.4 Å². The van der Waals surface area contributed by atoms with Crippen LogP contribution in [0.4, 0.5) is 0 Å². The highest BCUT2D eigenvalue weighted by Gasteiger charge is 2.33. The van der Waals surface area contributed by atoms with Gasteiger partial charge in [-0.25, -0.2) is 9.78 Å². The summed E-state index contributed by atoms with van der Waals surface area (Å²) in [6, 6.07) is -4.15. The molecular weight excluding hydrogens is 434 g/mol. The largest absolute Gasteiger partial charge is 0.480 e. The van der Waals surface area contributed by atoms with Crippen LogP contribution in [0.1, 0.15) is 38.8 Å². The van der Waals surface area contributed by atoms with E-state index < -0.39 is 60.2 Å². The third-order valence-corrected chi connectivity index (χ3v) is 5.26. The molecule has 1 aliphatic heterocycles. The number of aromatic nitrogens is 2. The van der Waals surface area contributed by atoms with Crippen LogP contribution < -0.4 is 27.0 Å². The van der Waals surface area contributed by atoms with Gasteiger partial charge in [0.05, 0.1) is 18.8 Å². The number of imidazole rings is 1. The Hall–Kier alpha value is -3.48. The van der Waals surface area contributed by atoms with Crippen molar-refractivity contribution in [1.29, 1.82) is 0 Å². The van der Waals surface area contributed by atoms with Crippen LogP contribution >= 0.6 is 0 Å². The number of carbonyl (C=O) groups excluding carboxylic acids is 4. The van der Waals surface area contributed by atoms with E-state index in [9.17, 15) is 29.1 Å². The number of H-pyrrole nitrogens is 1. The van der Waals surface area contributed by atoms with Crippen molar-refractivity contribution in [2.24, 2.45) is 11.7 Å². The summed E-state index contributed by atoms with van der Waals surface area (Å²) in [7, 11) is 0. The van der Waals surface area contributed by atoms with Crippen LogP contribution in [0.2, 0.25) is 0 Å². The fraction of sp³-hybridized carbons (Fsp3) is 0.600. The van der Waals surface area contributed by atoms with Crippen LogP contribution in [0.5, 0.6) is 0 Å². The number of carboxylic acid groups (broad SMARTS) is 1. The minimum atomic E-state index is -1.42. The van der Waals surface area contributed by atoms with Crippen LogP contribution in [0, 0.1) is 5.92 Å². The number of carbonyl (C=O) groups is 5. The summed E-state index contributed by atoms with van der Waals surface area (Å²) in [5.41, 5.74) is 5.79. The molecule has 33 heavy (non-hydrogen) atoms. The van der Waals surface area contributed by atoms with Gasteiger partial charge in [-0.1, -0.05) is 13.8 Å². The van der Waals surface area contributed by atoms with Gasteiger partial charge in [0.1, 0.15) is 18.1 Å². The lowest BCUT2D eigenvalue weighted by Gasteiger charge is -2.25. The fourth-order valence-corrected chi connectivity index (χ4v) is 3.46. The molecule has 8 N–H and O–H groups in total. The summed E-state index contributed by atoms with van der Waals surface area (Å²) in [5, 5.41) is 19.8. The average Bonchev–Trinajstić information content (AvgIpc) is 3.44. The zero-order valence-electron chi connectivity index (χ0n) is 18.6. The predicted molar refractivity (Wildman–Crippen MR) is 115 cm³/mol. The number of carboxylic acids is 1. The second kappa shape index (κ2) is 11.9. The zero-order valence-corrected chi connectivity index (χ0v) is 18.6. The lowest BCUT2D eigenvalue weighted by Crippen LogP contribution is -2.58. The first-order valence-corrected chi connectivity index (χ1v) is 10.7. The van der Waals surface area contributed by atoms with Crippen molar-refractivity contribution in [2.75, 3.05) is 6.54 Å². The normalized spacial score (nSPS) is 18.2. The topological polar surface area (TPSA) is 208 Å². The molecule has 4 amide bonds. The quantitative estimate of drug-likeness (QED) is 0.179. The van der Waals surface area contributed by atoms with Gasteiger partial charge >= 0.3 is 5.97 Å².